The molecule has 0 saturated carbocycles. The standard InChI is InChI=1S/C20H15Cl2NO2/c21-15-6-11-19(22)18(12-15)20(24)23-16-7-9-17(10-8-16)25-13-14-4-2-1-3-5-14/h1-12H,13H2,(H,23,24). The number of amides is 1. The van der Waals surface area contributed by atoms with E-state index in [4.69, 9.17) is 27.9 Å². The van der Waals surface area contributed by atoms with Crippen LogP contribution in [0.2, 0.25) is 10.0 Å². The topological polar surface area (TPSA) is 38.3 Å². The Morgan fingerprint density at radius 3 is 2.36 bits per heavy atom. The Morgan fingerprint density at radius 1 is 0.920 bits per heavy atom. The normalized spacial score (nSPS) is 10.3. The first kappa shape index (κ1) is 17.3. The molecule has 1 N–H and O–H groups in total. The van der Waals surface area contributed by atoms with Crippen LogP contribution < -0.4 is 10.1 Å². The molecule has 0 aliphatic heterocycles. The molecule has 0 atom stereocenters. The van der Waals surface area contributed by atoms with Crippen LogP contribution in [0.25, 0.3) is 0 Å². The number of benzene rings is 3. The average Bonchev–Trinajstić information content (AvgIpc) is 2.64. The minimum atomic E-state index is -0.314. The molecule has 3 aromatic carbocycles. The number of halogens is 2. The van der Waals surface area contributed by atoms with Crippen LogP contribution in [0.5, 0.6) is 5.75 Å². The molecule has 0 saturated heterocycles. The summed E-state index contributed by atoms with van der Waals surface area (Å²) in [6.07, 6.45) is 0. The summed E-state index contributed by atoms with van der Waals surface area (Å²) < 4.78 is 5.72. The van der Waals surface area contributed by atoms with Crippen molar-refractivity contribution in [3.05, 3.63) is 94.0 Å². The van der Waals surface area contributed by atoms with E-state index in [1.54, 1.807) is 36.4 Å². The Labute approximate surface area is 156 Å². The third-order valence-corrected chi connectivity index (χ3v) is 4.10. The predicted octanol–water partition coefficient (Wildman–Crippen LogP) is 5.82. The molecule has 25 heavy (non-hydrogen) atoms. The Hall–Kier alpha value is -2.49. The second kappa shape index (κ2) is 8.06. The van der Waals surface area contributed by atoms with Crippen molar-refractivity contribution in [3.8, 4) is 5.75 Å². The molecule has 0 radical (unpaired) electrons. The highest BCUT2D eigenvalue weighted by Gasteiger charge is 2.11. The average molecular weight is 372 g/mol. The summed E-state index contributed by atoms with van der Waals surface area (Å²) in [7, 11) is 0. The van der Waals surface area contributed by atoms with Crippen molar-refractivity contribution in [1.82, 2.24) is 0 Å². The summed E-state index contributed by atoms with van der Waals surface area (Å²) in [5.74, 6) is 0.410. The highest BCUT2D eigenvalue weighted by atomic mass is 35.5. The van der Waals surface area contributed by atoms with Crippen molar-refractivity contribution in [3.63, 3.8) is 0 Å². The van der Waals surface area contributed by atoms with E-state index in [0.717, 1.165) is 11.3 Å². The predicted molar refractivity (Wildman–Crippen MR) is 102 cm³/mol. The monoisotopic (exact) mass is 371 g/mol. The van der Waals surface area contributed by atoms with E-state index in [-0.39, 0.29) is 5.91 Å². The molecule has 0 aliphatic carbocycles. The second-order valence-corrected chi connectivity index (χ2v) is 6.22. The molecule has 3 aromatic rings. The van der Waals surface area contributed by atoms with E-state index < -0.39 is 0 Å². The van der Waals surface area contributed by atoms with Crippen LogP contribution in [0, 0.1) is 0 Å². The fourth-order valence-corrected chi connectivity index (χ4v) is 2.62. The zero-order valence-electron chi connectivity index (χ0n) is 13.2. The highest BCUT2D eigenvalue weighted by molar-refractivity contribution is 6.36. The zero-order valence-corrected chi connectivity index (χ0v) is 14.7. The number of hydrogen-bond donors (Lipinski definition) is 1. The Kier molecular flexibility index (Phi) is 5.59. The van der Waals surface area contributed by atoms with Crippen molar-refractivity contribution in [2.24, 2.45) is 0 Å². The third kappa shape index (κ3) is 4.75. The third-order valence-electron chi connectivity index (χ3n) is 3.53. The van der Waals surface area contributed by atoms with Gasteiger partial charge in [0.15, 0.2) is 0 Å². The van der Waals surface area contributed by atoms with Crippen LogP contribution in [-0.4, -0.2) is 5.91 Å². The Balaban J connectivity index is 1.62. The van der Waals surface area contributed by atoms with E-state index in [1.165, 1.54) is 6.07 Å². The number of rotatable bonds is 5. The fourth-order valence-electron chi connectivity index (χ4n) is 2.25. The minimum absolute atomic E-state index is 0.314. The summed E-state index contributed by atoms with van der Waals surface area (Å²) in [6, 6.07) is 21.8. The molecule has 126 valence electrons. The molecule has 1 amide bonds. The lowest BCUT2D eigenvalue weighted by atomic mass is 10.2. The van der Waals surface area contributed by atoms with Crippen molar-refractivity contribution < 1.29 is 9.53 Å². The van der Waals surface area contributed by atoms with Crippen molar-refractivity contribution in [1.29, 1.82) is 0 Å². The van der Waals surface area contributed by atoms with Gasteiger partial charge in [-0.3, -0.25) is 4.79 Å². The molecule has 3 rings (SSSR count). The van der Waals surface area contributed by atoms with Gasteiger partial charge >= 0.3 is 0 Å². The maximum atomic E-state index is 12.3. The van der Waals surface area contributed by atoms with Gasteiger partial charge < -0.3 is 10.1 Å². The fraction of sp³-hybridized carbons (Fsp3) is 0.0500. The van der Waals surface area contributed by atoms with Crippen molar-refractivity contribution in [2.75, 3.05) is 5.32 Å². The Morgan fingerprint density at radius 2 is 1.64 bits per heavy atom. The highest BCUT2D eigenvalue weighted by Crippen LogP contribution is 2.23. The van der Waals surface area contributed by atoms with Gasteiger partial charge in [0.2, 0.25) is 0 Å². The van der Waals surface area contributed by atoms with Crippen LogP contribution in [0.3, 0.4) is 0 Å². The lowest BCUT2D eigenvalue weighted by Crippen LogP contribution is -2.12. The first-order chi connectivity index (χ1) is 12.1. The second-order valence-electron chi connectivity index (χ2n) is 5.38. The first-order valence-corrected chi connectivity index (χ1v) is 8.40. The van der Waals surface area contributed by atoms with Crippen LogP contribution in [0.15, 0.2) is 72.8 Å². The number of ether oxygens (including phenoxy) is 1. The number of nitrogens with one attached hydrogen (secondary N) is 1. The molecule has 0 aliphatic rings. The first-order valence-electron chi connectivity index (χ1n) is 7.65. The quantitative estimate of drug-likeness (QED) is 0.612. The maximum Gasteiger partial charge on any atom is 0.257 e. The summed E-state index contributed by atoms with van der Waals surface area (Å²) >= 11 is 12.0. The number of carbonyl (C=O) groups is 1. The lowest BCUT2D eigenvalue weighted by Gasteiger charge is -2.09. The molecule has 5 heteroatoms. The van der Waals surface area contributed by atoms with E-state index in [1.807, 2.05) is 30.3 Å². The zero-order chi connectivity index (χ0) is 17.6. The van der Waals surface area contributed by atoms with Gasteiger partial charge in [0.25, 0.3) is 5.91 Å². The molecular weight excluding hydrogens is 357 g/mol. The van der Waals surface area contributed by atoms with Crippen LogP contribution in [0.1, 0.15) is 15.9 Å². The van der Waals surface area contributed by atoms with E-state index in [2.05, 4.69) is 5.32 Å². The van der Waals surface area contributed by atoms with Gasteiger partial charge in [0.1, 0.15) is 12.4 Å². The van der Waals surface area contributed by atoms with Crippen molar-refractivity contribution in [2.45, 2.75) is 6.61 Å². The molecule has 3 nitrogen and oxygen atoms in total. The summed E-state index contributed by atoms with van der Waals surface area (Å²) in [5, 5.41) is 3.60. The summed E-state index contributed by atoms with van der Waals surface area (Å²) in [4.78, 5) is 12.3. The van der Waals surface area contributed by atoms with Gasteiger partial charge in [-0.1, -0.05) is 53.5 Å². The van der Waals surface area contributed by atoms with Gasteiger partial charge in [0, 0.05) is 10.7 Å². The summed E-state index contributed by atoms with van der Waals surface area (Å²) in [5.41, 5.74) is 2.07. The molecule has 0 heterocycles. The van der Waals surface area contributed by atoms with Gasteiger partial charge in [-0.25, -0.2) is 0 Å². The van der Waals surface area contributed by atoms with Gasteiger partial charge in [-0.05, 0) is 48.0 Å². The SMILES string of the molecule is O=C(Nc1ccc(OCc2ccccc2)cc1)c1cc(Cl)ccc1Cl. The van der Waals surface area contributed by atoms with Crippen molar-refractivity contribution >= 4 is 34.8 Å². The van der Waals surface area contributed by atoms with Gasteiger partial charge in [-0.2, -0.15) is 0 Å². The molecular formula is C20H15Cl2NO2. The number of hydrogen-bond acceptors (Lipinski definition) is 2. The Bertz CT molecular complexity index is 865. The van der Waals surface area contributed by atoms with E-state index in [0.29, 0.717) is 27.9 Å². The van der Waals surface area contributed by atoms with Crippen LogP contribution in [0.4, 0.5) is 5.69 Å². The summed E-state index contributed by atoms with van der Waals surface area (Å²) in [6.45, 7) is 0.491. The molecule has 0 fully saturated rings. The number of carbonyl (C=O) groups excluding carboxylic acids is 1. The lowest BCUT2D eigenvalue weighted by molar-refractivity contribution is 0.102. The number of anilines is 1. The minimum Gasteiger partial charge on any atom is -0.489 e. The van der Waals surface area contributed by atoms with Crippen LogP contribution >= 0.6 is 23.2 Å². The smallest absolute Gasteiger partial charge is 0.257 e. The molecule has 0 spiro atoms. The van der Waals surface area contributed by atoms with E-state index in [9.17, 15) is 4.79 Å². The van der Waals surface area contributed by atoms with E-state index >= 15 is 0 Å². The molecule has 0 bridgehead atoms. The largest absolute Gasteiger partial charge is 0.489 e. The van der Waals surface area contributed by atoms with Gasteiger partial charge in [0.05, 0.1) is 10.6 Å². The van der Waals surface area contributed by atoms with Crippen LogP contribution in [-0.2, 0) is 6.61 Å². The van der Waals surface area contributed by atoms with Gasteiger partial charge in [-0.15, -0.1) is 0 Å². The maximum absolute atomic E-state index is 12.3. The molecule has 0 aromatic heterocycles. The molecule has 0 unspecified atom stereocenters.